The summed E-state index contributed by atoms with van der Waals surface area (Å²) in [5.41, 5.74) is 11.7. The van der Waals surface area contributed by atoms with Gasteiger partial charge in [0, 0.05) is 38.6 Å². The van der Waals surface area contributed by atoms with E-state index in [0.29, 0.717) is 0 Å². The summed E-state index contributed by atoms with van der Waals surface area (Å²) in [6, 6.07) is 79.5. The Hall–Kier alpha value is -7.42. The van der Waals surface area contributed by atoms with Gasteiger partial charge in [-0.1, -0.05) is 170 Å². The normalized spacial score (nSPS) is 11.6. The molecule has 0 saturated heterocycles. The molecule has 0 bridgehead atoms. The summed E-state index contributed by atoms with van der Waals surface area (Å²) in [7, 11) is 0. The maximum Gasteiger partial charge on any atom is 0.0619 e. The second-order valence-corrected chi connectivity index (χ2v) is 14.6. The molecule has 262 valence electrons. The van der Waals surface area contributed by atoms with Crippen molar-refractivity contribution < 1.29 is 0 Å². The van der Waals surface area contributed by atoms with Gasteiger partial charge in [-0.3, -0.25) is 0 Å². The first kappa shape index (κ1) is 32.0. The average Bonchev–Trinajstić information content (AvgIpc) is 3.61. The van der Waals surface area contributed by atoms with E-state index in [1.807, 2.05) is 0 Å². The lowest BCUT2D eigenvalue weighted by atomic mass is 10.0. The van der Waals surface area contributed by atoms with Crippen molar-refractivity contribution in [3.63, 3.8) is 0 Å². The molecule has 0 radical (unpaired) electrons. The van der Waals surface area contributed by atoms with Gasteiger partial charge in [0.15, 0.2) is 0 Å². The van der Waals surface area contributed by atoms with Crippen LogP contribution in [0.1, 0.15) is 0 Å². The van der Waals surface area contributed by atoms with Crippen LogP contribution in [0.5, 0.6) is 0 Å². The molecule has 1 heterocycles. The molecule has 10 aromatic carbocycles. The van der Waals surface area contributed by atoms with Crippen molar-refractivity contribution in [1.29, 1.82) is 0 Å². The molecule has 0 N–H and O–H groups in total. The van der Waals surface area contributed by atoms with Crippen molar-refractivity contribution in [2.45, 2.75) is 0 Å². The van der Waals surface area contributed by atoms with Crippen molar-refractivity contribution in [2.24, 2.45) is 0 Å². The van der Waals surface area contributed by atoms with Gasteiger partial charge in [0.25, 0.3) is 0 Å². The molecule has 11 rings (SSSR count). The monoisotopic (exact) mass is 712 g/mol. The fourth-order valence-electron chi connectivity index (χ4n) is 8.61. The number of anilines is 3. The van der Waals surface area contributed by atoms with Crippen LogP contribution >= 0.6 is 0 Å². The molecule has 1 aromatic heterocycles. The van der Waals surface area contributed by atoms with Crippen molar-refractivity contribution in [3.05, 3.63) is 218 Å². The van der Waals surface area contributed by atoms with Crippen LogP contribution < -0.4 is 4.90 Å². The fourth-order valence-corrected chi connectivity index (χ4v) is 8.61. The summed E-state index contributed by atoms with van der Waals surface area (Å²) in [5, 5.41) is 9.93. The van der Waals surface area contributed by atoms with E-state index in [9.17, 15) is 0 Å². The first-order valence-electron chi connectivity index (χ1n) is 19.3. The van der Waals surface area contributed by atoms with Crippen molar-refractivity contribution in [3.8, 4) is 27.9 Å². The summed E-state index contributed by atoms with van der Waals surface area (Å²) >= 11 is 0. The molecule has 0 saturated carbocycles. The minimum Gasteiger partial charge on any atom is -0.310 e. The van der Waals surface area contributed by atoms with E-state index in [1.54, 1.807) is 0 Å². The van der Waals surface area contributed by atoms with Crippen molar-refractivity contribution in [1.82, 2.24) is 4.57 Å². The van der Waals surface area contributed by atoms with Gasteiger partial charge in [0.2, 0.25) is 0 Å². The summed E-state index contributed by atoms with van der Waals surface area (Å²) in [4.78, 5) is 2.36. The molecule has 0 aliphatic heterocycles. The van der Waals surface area contributed by atoms with Gasteiger partial charge in [-0.25, -0.2) is 0 Å². The molecule has 0 aliphatic carbocycles. The fraction of sp³-hybridized carbons (Fsp3) is 0. The predicted octanol–water partition coefficient (Wildman–Crippen LogP) is 15.0. The maximum atomic E-state index is 2.49. The number of fused-ring (bicyclic) bond motifs is 7. The van der Waals surface area contributed by atoms with Crippen LogP contribution in [0.25, 0.3) is 82.1 Å². The van der Waals surface area contributed by atoms with Gasteiger partial charge < -0.3 is 9.47 Å². The van der Waals surface area contributed by atoms with E-state index >= 15 is 0 Å². The Kier molecular flexibility index (Phi) is 7.53. The van der Waals surface area contributed by atoms with Gasteiger partial charge in [-0.15, -0.1) is 0 Å². The van der Waals surface area contributed by atoms with Crippen LogP contribution in [0.4, 0.5) is 17.1 Å². The Morgan fingerprint density at radius 1 is 0.286 bits per heavy atom. The molecule has 0 unspecified atom stereocenters. The second-order valence-electron chi connectivity index (χ2n) is 14.6. The Morgan fingerprint density at radius 3 is 1.55 bits per heavy atom. The van der Waals surface area contributed by atoms with E-state index in [1.165, 1.54) is 82.1 Å². The first-order chi connectivity index (χ1) is 27.8. The highest BCUT2D eigenvalue weighted by Gasteiger charge is 2.18. The third kappa shape index (κ3) is 5.34. The predicted molar refractivity (Wildman–Crippen MR) is 239 cm³/mol. The van der Waals surface area contributed by atoms with E-state index in [0.717, 1.165) is 17.1 Å². The van der Waals surface area contributed by atoms with E-state index in [-0.39, 0.29) is 0 Å². The van der Waals surface area contributed by atoms with Gasteiger partial charge in [0.1, 0.15) is 0 Å². The van der Waals surface area contributed by atoms with Crippen LogP contribution in [-0.4, -0.2) is 4.57 Å². The van der Waals surface area contributed by atoms with E-state index < -0.39 is 0 Å². The topological polar surface area (TPSA) is 8.17 Å². The summed E-state index contributed by atoms with van der Waals surface area (Å²) < 4.78 is 2.49. The number of hydrogen-bond donors (Lipinski definition) is 0. The average molecular weight is 713 g/mol. The van der Waals surface area contributed by atoms with Gasteiger partial charge in [-0.05, 0) is 92.3 Å². The minimum absolute atomic E-state index is 1.11. The van der Waals surface area contributed by atoms with Crippen molar-refractivity contribution >= 4 is 71.2 Å². The number of rotatable bonds is 6. The highest BCUT2D eigenvalue weighted by molar-refractivity contribution is 6.19. The van der Waals surface area contributed by atoms with Crippen molar-refractivity contribution in [2.75, 3.05) is 4.90 Å². The number of aromatic nitrogens is 1. The quantitative estimate of drug-likeness (QED) is 0.167. The molecule has 2 nitrogen and oxygen atoms in total. The van der Waals surface area contributed by atoms with Crippen LogP contribution in [0.2, 0.25) is 0 Å². The summed E-state index contributed by atoms with van der Waals surface area (Å²) in [6.45, 7) is 0. The second kappa shape index (κ2) is 13.2. The number of nitrogens with zero attached hydrogens (tertiary/aromatic N) is 2. The third-order valence-corrected chi connectivity index (χ3v) is 11.3. The molecule has 0 amide bonds. The molecular weight excluding hydrogens is 677 g/mol. The molecule has 0 fully saturated rings. The zero-order valence-corrected chi connectivity index (χ0v) is 30.7. The Labute approximate surface area is 325 Å². The molecular formula is C54H36N2. The molecule has 0 aliphatic rings. The Bertz CT molecular complexity index is 3220. The zero-order chi connectivity index (χ0) is 37.0. The first-order valence-corrected chi connectivity index (χ1v) is 19.3. The smallest absolute Gasteiger partial charge is 0.0619 e. The molecule has 0 spiro atoms. The SMILES string of the molecule is c1ccc(-c2ccc(N(c3ccc(-c4ccc5c6ccc7ccccc7c6n(-c6cccc7ccccc67)c5c4)cc3)c3ccc4ccccc4c3)cc2)cc1. The highest BCUT2D eigenvalue weighted by Crippen LogP contribution is 2.41. The Balaban J connectivity index is 1.06. The molecule has 2 heteroatoms. The largest absolute Gasteiger partial charge is 0.310 e. The molecule has 11 aromatic rings. The molecule has 0 atom stereocenters. The lowest BCUT2D eigenvalue weighted by Gasteiger charge is -2.26. The molecule has 56 heavy (non-hydrogen) atoms. The minimum atomic E-state index is 1.11. The third-order valence-electron chi connectivity index (χ3n) is 11.3. The van der Waals surface area contributed by atoms with Gasteiger partial charge in [0.05, 0.1) is 16.7 Å². The van der Waals surface area contributed by atoms with Crippen LogP contribution in [0.3, 0.4) is 0 Å². The van der Waals surface area contributed by atoms with E-state index in [2.05, 4.69) is 228 Å². The number of benzene rings is 10. The van der Waals surface area contributed by atoms with Crippen LogP contribution in [-0.2, 0) is 0 Å². The summed E-state index contributed by atoms with van der Waals surface area (Å²) in [5.74, 6) is 0. The Morgan fingerprint density at radius 2 is 0.804 bits per heavy atom. The zero-order valence-electron chi connectivity index (χ0n) is 30.7. The lowest BCUT2D eigenvalue weighted by Crippen LogP contribution is -2.09. The highest BCUT2D eigenvalue weighted by atomic mass is 15.1. The van der Waals surface area contributed by atoms with Gasteiger partial charge in [-0.2, -0.15) is 0 Å². The van der Waals surface area contributed by atoms with E-state index in [4.69, 9.17) is 0 Å². The number of hydrogen-bond acceptors (Lipinski definition) is 1. The van der Waals surface area contributed by atoms with Gasteiger partial charge >= 0.3 is 0 Å². The van der Waals surface area contributed by atoms with Crippen LogP contribution in [0, 0.1) is 0 Å². The van der Waals surface area contributed by atoms with Crippen LogP contribution in [0.15, 0.2) is 218 Å². The lowest BCUT2D eigenvalue weighted by molar-refractivity contribution is 1.20. The standard InChI is InChI=1S/C54H36N2/c1-2-11-37(12-3-1)39-21-28-45(29-22-39)55(47-32-25-38-13-4-5-16-43(38)35-47)46-30-23-40(24-31-46)44-27-33-50-51-34-26-42-15-7-9-19-49(42)54(51)56(53(50)36-44)52-20-10-17-41-14-6-8-18-48(41)52/h1-36H. The maximum absolute atomic E-state index is 2.49. The summed E-state index contributed by atoms with van der Waals surface area (Å²) in [6.07, 6.45) is 0.